The average Bonchev–Trinajstić information content (AvgIpc) is 2.71. The Morgan fingerprint density at radius 1 is 1.07 bits per heavy atom. The fourth-order valence-electron chi connectivity index (χ4n) is 2.58. The Hall–Kier alpha value is -2.45. The van der Waals surface area contributed by atoms with E-state index in [-0.39, 0.29) is 5.97 Å². The summed E-state index contributed by atoms with van der Waals surface area (Å²) in [6.07, 6.45) is 3.39. The zero-order chi connectivity index (χ0) is 21.8. The molecule has 30 heavy (non-hydrogen) atoms. The monoisotopic (exact) mass is 446 g/mol. The molecule has 0 saturated carbocycles. The normalized spacial score (nSPS) is 11.6. The maximum Gasteiger partial charge on any atom is 0.335 e. The Morgan fingerprint density at radius 2 is 1.77 bits per heavy atom. The van der Waals surface area contributed by atoms with Crippen LogP contribution in [-0.4, -0.2) is 31.9 Å². The van der Waals surface area contributed by atoms with Crippen LogP contribution in [0.15, 0.2) is 54.6 Å². The summed E-state index contributed by atoms with van der Waals surface area (Å²) in [5, 5.41) is 1.11. The van der Waals surface area contributed by atoms with E-state index in [1.807, 2.05) is 37.3 Å². The molecule has 0 spiro atoms. The summed E-state index contributed by atoms with van der Waals surface area (Å²) in [6.45, 7) is 4.80. The molecule has 0 radical (unpaired) electrons. The van der Waals surface area contributed by atoms with Crippen LogP contribution in [0.4, 0.5) is 0 Å². The Bertz CT molecular complexity index is 891. The molecule has 0 aliphatic heterocycles. The van der Waals surface area contributed by atoms with Crippen LogP contribution in [0.3, 0.4) is 0 Å². The van der Waals surface area contributed by atoms with Crippen molar-refractivity contribution in [2.75, 3.05) is 19.8 Å². The minimum atomic E-state index is -0.599. The molecule has 2 rings (SSSR count). The van der Waals surface area contributed by atoms with Crippen molar-refractivity contribution >= 4 is 29.2 Å². The second kappa shape index (κ2) is 13.0. The summed E-state index contributed by atoms with van der Waals surface area (Å²) in [5.74, 6) is 6.27. The molecule has 158 valence electrons. The first-order valence-electron chi connectivity index (χ1n) is 9.64. The molecule has 1 atom stereocenters. The van der Waals surface area contributed by atoms with E-state index < -0.39 is 6.10 Å². The number of esters is 1. The third-order valence-electron chi connectivity index (χ3n) is 3.89. The minimum Gasteiger partial charge on any atom is -0.490 e. The summed E-state index contributed by atoms with van der Waals surface area (Å²) in [7, 11) is 0. The number of carbonyl (C=O) groups is 1. The van der Waals surface area contributed by atoms with E-state index in [2.05, 4.69) is 11.8 Å². The van der Waals surface area contributed by atoms with Gasteiger partial charge in [0.1, 0.15) is 12.4 Å². The number of halogens is 2. The van der Waals surface area contributed by atoms with Crippen molar-refractivity contribution < 1.29 is 19.0 Å². The first-order valence-corrected chi connectivity index (χ1v) is 10.4. The number of hydrogen-bond donors (Lipinski definition) is 0. The summed E-state index contributed by atoms with van der Waals surface area (Å²) in [6, 6.07) is 12.7. The maximum absolute atomic E-state index is 12.0. The lowest BCUT2D eigenvalue weighted by Gasteiger charge is -2.15. The lowest BCUT2D eigenvalue weighted by atomic mass is 10.1. The van der Waals surface area contributed by atoms with Gasteiger partial charge in [-0.15, -0.1) is 0 Å². The van der Waals surface area contributed by atoms with Crippen molar-refractivity contribution in [3.05, 3.63) is 75.8 Å². The molecule has 0 aromatic heterocycles. The highest BCUT2D eigenvalue weighted by Crippen LogP contribution is 2.18. The quantitative estimate of drug-likeness (QED) is 0.377. The number of benzene rings is 2. The molecule has 0 aliphatic carbocycles. The average molecular weight is 447 g/mol. The third-order valence-corrected chi connectivity index (χ3v) is 4.32. The van der Waals surface area contributed by atoms with Gasteiger partial charge in [0.15, 0.2) is 6.10 Å². The van der Waals surface area contributed by atoms with Gasteiger partial charge in [0.25, 0.3) is 0 Å². The molecular formula is C24H24Cl2O4. The number of ether oxygens (including phenoxy) is 3. The molecule has 0 aliphatic rings. The van der Waals surface area contributed by atoms with Crippen molar-refractivity contribution in [3.8, 4) is 17.6 Å². The molecule has 2 aromatic rings. The second-order valence-corrected chi connectivity index (χ2v) is 7.06. The Balaban J connectivity index is 1.83. The molecular weight excluding hydrogens is 423 g/mol. The van der Waals surface area contributed by atoms with Crippen molar-refractivity contribution in [2.24, 2.45) is 0 Å². The fourth-order valence-corrected chi connectivity index (χ4v) is 3.11. The first-order chi connectivity index (χ1) is 14.5. The number of hydrogen-bond acceptors (Lipinski definition) is 4. The number of rotatable bonds is 9. The highest BCUT2D eigenvalue weighted by Gasteiger charge is 2.20. The zero-order valence-electron chi connectivity index (χ0n) is 17.0. The molecule has 4 nitrogen and oxygen atoms in total. The molecule has 0 saturated heterocycles. The largest absolute Gasteiger partial charge is 0.490 e. The fraction of sp³-hybridized carbons (Fsp3) is 0.292. The first kappa shape index (κ1) is 23.8. The lowest BCUT2D eigenvalue weighted by Crippen LogP contribution is -2.28. The molecule has 6 heteroatoms. The van der Waals surface area contributed by atoms with Crippen LogP contribution in [0.2, 0.25) is 10.0 Å². The predicted molar refractivity (Wildman–Crippen MR) is 120 cm³/mol. The summed E-state index contributed by atoms with van der Waals surface area (Å²) < 4.78 is 16.2. The van der Waals surface area contributed by atoms with Crippen LogP contribution in [0.25, 0.3) is 0 Å². The summed E-state index contributed by atoms with van der Waals surface area (Å²) >= 11 is 11.9. The van der Waals surface area contributed by atoms with E-state index in [0.29, 0.717) is 36.3 Å². The predicted octanol–water partition coefficient (Wildman–Crippen LogP) is 5.49. The summed E-state index contributed by atoms with van der Waals surface area (Å²) in [5.41, 5.74) is 1.72. The van der Waals surface area contributed by atoms with Gasteiger partial charge in [0.05, 0.1) is 6.61 Å². The van der Waals surface area contributed by atoms with Crippen molar-refractivity contribution in [2.45, 2.75) is 26.4 Å². The second-order valence-electron chi connectivity index (χ2n) is 6.18. The molecule has 2 aromatic carbocycles. The van der Waals surface area contributed by atoms with Gasteiger partial charge in [0, 0.05) is 28.6 Å². The molecule has 1 unspecified atom stereocenters. The van der Waals surface area contributed by atoms with Crippen molar-refractivity contribution in [1.82, 2.24) is 0 Å². The Kier molecular flexibility index (Phi) is 10.3. The van der Waals surface area contributed by atoms with E-state index in [1.54, 1.807) is 31.2 Å². The molecule has 0 amide bonds. The molecule has 0 N–H and O–H groups in total. The summed E-state index contributed by atoms with van der Waals surface area (Å²) in [4.78, 5) is 12.0. The van der Waals surface area contributed by atoms with Gasteiger partial charge in [-0.05, 0) is 61.9 Å². The van der Waals surface area contributed by atoms with Crippen molar-refractivity contribution in [3.63, 3.8) is 0 Å². The highest BCUT2D eigenvalue weighted by molar-refractivity contribution is 6.34. The van der Waals surface area contributed by atoms with Crippen LogP contribution in [-0.2, 0) is 20.7 Å². The molecule has 0 heterocycles. The van der Waals surface area contributed by atoms with Gasteiger partial charge >= 0.3 is 5.97 Å². The highest BCUT2D eigenvalue weighted by atomic mass is 35.5. The van der Waals surface area contributed by atoms with Gasteiger partial charge in [-0.25, -0.2) is 4.79 Å². The SMILES string of the molecule is CCOC(=O)C(Cc1ccc(OC/C=C\C#Cc2cc(Cl)cc(Cl)c2)cc1)OCC. The number of allylic oxidation sites excluding steroid dienone is 1. The standard InChI is InChI=1S/C24H24Cl2O4/c1-3-28-23(24(27)29-4-2)16-18-9-11-22(12-10-18)30-13-7-5-6-8-19-14-20(25)17-21(26)15-19/h5,7,9-12,14-15,17,23H,3-4,13,16H2,1-2H3/b7-5-. The minimum absolute atomic E-state index is 0.333. The Labute approximate surface area is 187 Å². The van der Waals surface area contributed by atoms with Crippen LogP contribution in [0.1, 0.15) is 25.0 Å². The van der Waals surface area contributed by atoms with E-state index in [1.165, 1.54) is 0 Å². The third kappa shape index (κ3) is 8.51. The van der Waals surface area contributed by atoms with Crippen LogP contribution in [0, 0.1) is 11.8 Å². The smallest absolute Gasteiger partial charge is 0.335 e. The maximum atomic E-state index is 12.0. The van der Waals surface area contributed by atoms with E-state index in [0.717, 1.165) is 16.9 Å². The lowest BCUT2D eigenvalue weighted by molar-refractivity contribution is -0.156. The van der Waals surface area contributed by atoms with Gasteiger partial charge in [0.2, 0.25) is 0 Å². The topological polar surface area (TPSA) is 44.8 Å². The van der Waals surface area contributed by atoms with Crippen LogP contribution < -0.4 is 4.74 Å². The van der Waals surface area contributed by atoms with Crippen LogP contribution in [0.5, 0.6) is 5.75 Å². The van der Waals surface area contributed by atoms with E-state index in [4.69, 9.17) is 37.4 Å². The molecule has 0 bridgehead atoms. The van der Waals surface area contributed by atoms with E-state index in [9.17, 15) is 4.79 Å². The van der Waals surface area contributed by atoms with E-state index >= 15 is 0 Å². The van der Waals surface area contributed by atoms with Crippen LogP contribution >= 0.6 is 23.2 Å². The van der Waals surface area contributed by atoms with Gasteiger partial charge in [-0.1, -0.05) is 47.2 Å². The van der Waals surface area contributed by atoms with Gasteiger partial charge < -0.3 is 14.2 Å². The van der Waals surface area contributed by atoms with Crippen molar-refractivity contribution in [1.29, 1.82) is 0 Å². The molecule has 0 fully saturated rings. The van der Waals surface area contributed by atoms with Gasteiger partial charge in [-0.2, -0.15) is 0 Å². The zero-order valence-corrected chi connectivity index (χ0v) is 18.5. The number of carbonyl (C=O) groups excluding carboxylic acids is 1. The van der Waals surface area contributed by atoms with Gasteiger partial charge in [-0.3, -0.25) is 0 Å². The Morgan fingerprint density at radius 3 is 2.40 bits per heavy atom.